The van der Waals surface area contributed by atoms with Gasteiger partial charge < -0.3 is 5.32 Å². The van der Waals surface area contributed by atoms with E-state index in [4.69, 9.17) is 0 Å². The summed E-state index contributed by atoms with van der Waals surface area (Å²) in [6, 6.07) is 9.58. The summed E-state index contributed by atoms with van der Waals surface area (Å²) in [5.74, 6) is 0.0248. The summed E-state index contributed by atoms with van der Waals surface area (Å²) in [6.07, 6.45) is 6.72. The van der Waals surface area contributed by atoms with Crippen LogP contribution in [0.2, 0.25) is 0 Å². The number of benzene rings is 1. The van der Waals surface area contributed by atoms with Crippen LogP contribution < -0.4 is 11.0 Å². The monoisotopic (exact) mass is 392 g/mol. The van der Waals surface area contributed by atoms with E-state index in [1.54, 1.807) is 0 Å². The standard InChI is InChI=1S/C21H24N6O2/c1-15-18(3-2-4-19(15)27-14-23-25-21(27)29)24-20(28)17-7-11-26(12-8-17)13-16-5-9-22-10-6-16/h2-6,9-10,14,17H,7-8,11-13H2,1H3,(H,24,28)(H,25,29). The second-order valence-corrected chi connectivity index (χ2v) is 7.38. The molecule has 4 rings (SSSR count). The van der Waals surface area contributed by atoms with Crippen LogP contribution in [-0.4, -0.2) is 43.6 Å². The van der Waals surface area contributed by atoms with Gasteiger partial charge in [0.1, 0.15) is 6.33 Å². The number of piperidine rings is 1. The predicted molar refractivity (Wildman–Crippen MR) is 110 cm³/mol. The van der Waals surface area contributed by atoms with Crippen molar-refractivity contribution < 1.29 is 4.79 Å². The predicted octanol–water partition coefficient (Wildman–Crippen LogP) is 2.11. The second-order valence-electron chi connectivity index (χ2n) is 7.38. The highest BCUT2D eigenvalue weighted by atomic mass is 16.2. The van der Waals surface area contributed by atoms with Crippen LogP contribution in [0.25, 0.3) is 5.69 Å². The van der Waals surface area contributed by atoms with Crippen molar-refractivity contribution in [2.45, 2.75) is 26.3 Å². The molecule has 1 aliphatic rings. The van der Waals surface area contributed by atoms with Crippen LogP contribution in [0.1, 0.15) is 24.0 Å². The first-order chi connectivity index (χ1) is 14.1. The van der Waals surface area contributed by atoms with Gasteiger partial charge in [-0.1, -0.05) is 6.07 Å². The third-order valence-electron chi connectivity index (χ3n) is 5.49. The van der Waals surface area contributed by atoms with Gasteiger partial charge in [0.15, 0.2) is 0 Å². The molecule has 2 N–H and O–H groups in total. The van der Waals surface area contributed by atoms with Crippen molar-refractivity contribution in [3.8, 4) is 5.69 Å². The first kappa shape index (κ1) is 19.1. The quantitative estimate of drug-likeness (QED) is 0.693. The van der Waals surface area contributed by atoms with Crippen LogP contribution in [0.5, 0.6) is 0 Å². The van der Waals surface area contributed by atoms with Gasteiger partial charge in [0, 0.05) is 30.5 Å². The molecule has 0 atom stereocenters. The SMILES string of the molecule is Cc1c(NC(=O)C2CCN(Cc3ccncc3)CC2)cccc1-n1cn[nH]c1=O. The third kappa shape index (κ3) is 4.27. The van der Waals surface area contributed by atoms with E-state index >= 15 is 0 Å². The smallest absolute Gasteiger partial charge is 0.326 e. The zero-order valence-corrected chi connectivity index (χ0v) is 16.3. The molecule has 0 radical (unpaired) electrons. The first-order valence-corrected chi connectivity index (χ1v) is 9.76. The fourth-order valence-corrected chi connectivity index (χ4v) is 3.77. The van der Waals surface area contributed by atoms with Crippen molar-refractivity contribution in [2.75, 3.05) is 18.4 Å². The van der Waals surface area contributed by atoms with E-state index in [1.807, 2.05) is 49.6 Å². The Morgan fingerprint density at radius 1 is 1.21 bits per heavy atom. The number of anilines is 1. The molecule has 150 valence electrons. The van der Waals surface area contributed by atoms with E-state index in [-0.39, 0.29) is 17.5 Å². The number of carbonyl (C=O) groups is 1. The van der Waals surface area contributed by atoms with Crippen molar-refractivity contribution in [1.29, 1.82) is 0 Å². The lowest BCUT2D eigenvalue weighted by molar-refractivity contribution is -0.121. The fraction of sp³-hybridized carbons (Fsp3) is 0.333. The molecule has 0 bridgehead atoms. The maximum Gasteiger partial charge on any atom is 0.347 e. The molecule has 3 heterocycles. The number of rotatable bonds is 5. The van der Waals surface area contributed by atoms with E-state index in [0.29, 0.717) is 5.69 Å². The molecule has 1 aromatic carbocycles. The largest absolute Gasteiger partial charge is 0.347 e. The van der Waals surface area contributed by atoms with Crippen LogP contribution in [0.4, 0.5) is 5.69 Å². The number of aromatic nitrogens is 4. The lowest BCUT2D eigenvalue weighted by Gasteiger charge is -2.31. The Kier molecular flexibility index (Phi) is 5.53. The molecule has 0 spiro atoms. The minimum absolute atomic E-state index is 0.0107. The minimum atomic E-state index is -0.307. The van der Waals surface area contributed by atoms with Crippen molar-refractivity contribution in [3.63, 3.8) is 0 Å². The molecular weight excluding hydrogens is 368 g/mol. The number of amides is 1. The maximum atomic E-state index is 12.8. The van der Waals surface area contributed by atoms with Crippen LogP contribution >= 0.6 is 0 Å². The highest BCUT2D eigenvalue weighted by Gasteiger charge is 2.25. The van der Waals surface area contributed by atoms with Gasteiger partial charge in [0.25, 0.3) is 0 Å². The summed E-state index contributed by atoms with van der Waals surface area (Å²) in [4.78, 5) is 31.1. The van der Waals surface area contributed by atoms with E-state index in [1.165, 1.54) is 16.5 Å². The number of H-pyrrole nitrogens is 1. The first-order valence-electron chi connectivity index (χ1n) is 9.76. The molecule has 1 aliphatic heterocycles. The highest BCUT2D eigenvalue weighted by Crippen LogP contribution is 2.24. The van der Waals surface area contributed by atoms with Gasteiger partial charge in [-0.15, -0.1) is 0 Å². The number of likely N-dealkylation sites (tertiary alicyclic amines) is 1. The van der Waals surface area contributed by atoms with E-state index in [9.17, 15) is 9.59 Å². The number of hydrogen-bond acceptors (Lipinski definition) is 5. The van der Waals surface area contributed by atoms with Crippen LogP contribution in [0.15, 0.2) is 53.8 Å². The zero-order valence-electron chi connectivity index (χ0n) is 16.3. The summed E-state index contributed by atoms with van der Waals surface area (Å²) in [5, 5.41) is 9.21. The molecule has 0 unspecified atom stereocenters. The number of nitrogens with zero attached hydrogens (tertiary/aromatic N) is 4. The fourth-order valence-electron chi connectivity index (χ4n) is 3.77. The Hall–Kier alpha value is -3.26. The molecule has 29 heavy (non-hydrogen) atoms. The number of nitrogens with one attached hydrogen (secondary N) is 2. The van der Waals surface area contributed by atoms with Crippen LogP contribution in [0.3, 0.4) is 0 Å². The normalized spacial score (nSPS) is 15.3. The Labute approximate surface area is 168 Å². The zero-order chi connectivity index (χ0) is 20.2. The van der Waals surface area contributed by atoms with Crippen molar-refractivity contribution in [2.24, 2.45) is 5.92 Å². The Balaban J connectivity index is 1.38. The second kappa shape index (κ2) is 8.40. The number of aromatic amines is 1. The van der Waals surface area contributed by atoms with Crippen molar-refractivity contribution in [1.82, 2.24) is 24.6 Å². The molecule has 1 amide bonds. The molecule has 0 aliphatic carbocycles. The average Bonchev–Trinajstić information content (AvgIpc) is 3.16. The third-order valence-corrected chi connectivity index (χ3v) is 5.49. The maximum absolute atomic E-state index is 12.8. The molecule has 3 aromatic rings. The van der Waals surface area contributed by atoms with E-state index < -0.39 is 0 Å². The topological polar surface area (TPSA) is 95.9 Å². The van der Waals surface area contributed by atoms with Crippen LogP contribution in [-0.2, 0) is 11.3 Å². The Bertz CT molecular complexity index is 1030. The molecule has 1 fully saturated rings. The number of carbonyl (C=O) groups excluding carboxylic acids is 1. The van der Waals surface area contributed by atoms with Gasteiger partial charge in [-0.3, -0.25) is 14.7 Å². The van der Waals surface area contributed by atoms with Crippen molar-refractivity contribution in [3.05, 3.63) is 70.7 Å². The van der Waals surface area contributed by atoms with Gasteiger partial charge in [0.2, 0.25) is 5.91 Å². The van der Waals surface area contributed by atoms with Gasteiger partial charge in [-0.25, -0.2) is 14.5 Å². The number of pyridine rings is 1. The summed E-state index contributed by atoms with van der Waals surface area (Å²) >= 11 is 0. The van der Waals surface area contributed by atoms with E-state index in [0.717, 1.165) is 43.7 Å². The summed E-state index contributed by atoms with van der Waals surface area (Å²) < 4.78 is 1.43. The summed E-state index contributed by atoms with van der Waals surface area (Å²) in [5.41, 5.74) is 3.19. The molecule has 0 saturated carbocycles. The minimum Gasteiger partial charge on any atom is -0.326 e. The highest BCUT2D eigenvalue weighted by molar-refractivity contribution is 5.93. The lowest BCUT2D eigenvalue weighted by Crippen LogP contribution is -2.37. The molecule has 8 nitrogen and oxygen atoms in total. The van der Waals surface area contributed by atoms with E-state index in [2.05, 4.69) is 25.4 Å². The van der Waals surface area contributed by atoms with Gasteiger partial charge in [0.05, 0.1) is 5.69 Å². The molecule has 8 heteroatoms. The van der Waals surface area contributed by atoms with Gasteiger partial charge in [-0.2, -0.15) is 5.10 Å². The lowest BCUT2D eigenvalue weighted by atomic mass is 9.95. The van der Waals surface area contributed by atoms with Crippen molar-refractivity contribution >= 4 is 11.6 Å². The number of hydrogen-bond donors (Lipinski definition) is 2. The van der Waals surface area contributed by atoms with Gasteiger partial charge >= 0.3 is 5.69 Å². The van der Waals surface area contributed by atoms with Gasteiger partial charge in [-0.05, 0) is 68.2 Å². The summed E-state index contributed by atoms with van der Waals surface area (Å²) in [7, 11) is 0. The molecule has 2 aromatic heterocycles. The average molecular weight is 392 g/mol. The van der Waals surface area contributed by atoms with Crippen LogP contribution in [0, 0.1) is 12.8 Å². The summed E-state index contributed by atoms with van der Waals surface area (Å²) in [6.45, 7) is 4.56. The Morgan fingerprint density at radius 2 is 1.97 bits per heavy atom. The Morgan fingerprint density at radius 3 is 2.66 bits per heavy atom. The molecular formula is C21H24N6O2. The molecule has 1 saturated heterocycles.